The van der Waals surface area contributed by atoms with Gasteiger partial charge in [0.15, 0.2) is 0 Å². The van der Waals surface area contributed by atoms with Crippen molar-refractivity contribution in [1.82, 2.24) is 0 Å². The van der Waals surface area contributed by atoms with Crippen molar-refractivity contribution < 1.29 is 0 Å². The van der Waals surface area contributed by atoms with E-state index in [1.54, 1.807) is 0 Å². The van der Waals surface area contributed by atoms with E-state index in [0.29, 0.717) is 0 Å². The third kappa shape index (κ3) is 3.37. The quantitative estimate of drug-likeness (QED) is 0.470. The summed E-state index contributed by atoms with van der Waals surface area (Å²) in [6.07, 6.45) is 7.94. The van der Waals surface area contributed by atoms with Gasteiger partial charge in [0, 0.05) is 0 Å². The lowest BCUT2D eigenvalue weighted by Crippen LogP contribution is -2.13. The van der Waals surface area contributed by atoms with Crippen LogP contribution in [0, 0.1) is 0 Å². The van der Waals surface area contributed by atoms with E-state index in [2.05, 4.69) is 6.08 Å². The van der Waals surface area contributed by atoms with Gasteiger partial charge in [-0.15, -0.1) is 33.2 Å². The maximum atomic E-state index is 5.89. The average molecular weight is 230 g/mol. The molecule has 11 heavy (non-hydrogen) atoms. The zero-order valence-corrected chi connectivity index (χ0v) is 9.51. The number of hydrogen-bond acceptors (Lipinski definition) is 0. The molecule has 0 aromatic rings. The van der Waals surface area contributed by atoms with E-state index in [4.69, 9.17) is 33.2 Å². The van der Waals surface area contributed by atoms with Gasteiger partial charge in [-0.05, 0) is 30.9 Å². The number of allylic oxidation sites excluding steroid dienone is 2. The van der Waals surface area contributed by atoms with Crippen LogP contribution in [-0.2, 0) is 0 Å². The fourth-order valence-electron chi connectivity index (χ4n) is 1.27. The Hall–Kier alpha value is 0.827. The van der Waals surface area contributed by atoms with Gasteiger partial charge in [0.1, 0.15) is 0 Å². The number of halogens is 3. The Bertz CT molecular complexity index is 160. The van der Waals surface area contributed by atoms with Gasteiger partial charge in [-0.2, -0.15) is 0 Å². The zero-order chi connectivity index (χ0) is 8.32. The van der Waals surface area contributed by atoms with E-state index in [9.17, 15) is 0 Å². The van der Waals surface area contributed by atoms with Gasteiger partial charge in [0.2, 0.25) is 0 Å². The molecule has 1 aliphatic rings. The van der Waals surface area contributed by atoms with Crippen molar-refractivity contribution in [2.24, 2.45) is 0 Å². The van der Waals surface area contributed by atoms with Crippen LogP contribution < -0.4 is 0 Å². The van der Waals surface area contributed by atoms with Gasteiger partial charge >= 0.3 is 6.00 Å². The van der Waals surface area contributed by atoms with Crippen molar-refractivity contribution in [2.75, 3.05) is 0 Å². The average Bonchev–Trinajstić information content (AvgIpc) is 2.10. The molecule has 0 bridgehead atoms. The molecule has 1 rings (SSSR count). The van der Waals surface area contributed by atoms with Crippen molar-refractivity contribution in [3.63, 3.8) is 0 Å². The Labute approximate surface area is 82.6 Å². The first-order valence-corrected chi connectivity index (χ1v) is 8.90. The van der Waals surface area contributed by atoms with Gasteiger partial charge < -0.3 is 0 Å². The lowest BCUT2D eigenvalue weighted by atomic mass is 10.2. The summed E-state index contributed by atoms with van der Waals surface area (Å²) >= 11 is 17.7. The summed E-state index contributed by atoms with van der Waals surface area (Å²) in [5.74, 6) is 0. The number of rotatable bonds is 1. The van der Waals surface area contributed by atoms with Crippen molar-refractivity contribution in [3.8, 4) is 0 Å². The molecule has 0 atom stereocenters. The van der Waals surface area contributed by atoms with Crippen LogP contribution in [0.15, 0.2) is 11.3 Å². The highest BCUT2D eigenvalue weighted by atomic mass is 35.8. The van der Waals surface area contributed by atoms with Gasteiger partial charge in [-0.3, -0.25) is 0 Å². The molecule has 1 aliphatic carbocycles. The second-order valence-corrected chi connectivity index (χ2v) is 11.3. The van der Waals surface area contributed by atoms with E-state index >= 15 is 0 Å². The molecule has 0 fully saturated rings. The molecule has 0 amide bonds. The summed E-state index contributed by atoms with van der Waals surface area (Å²) < 4.78 is 0. The fourth-order valence-corrected chi connectivity index (χ4v) is 3.65. The molecule has 0 radical (unpaired) electrons. The number of hydrogen-bond donors (Lipinski definition) is 0. The molecular formula is C7H11Cl3Si. The third-order valence-corrected chi connectivity index (χ3v) is 5.27. The molecule has 0 saturated carbocycles. The van der Waals surface area contributed by atoms with Crippen molar-refractivity contribution >= 4 is 39.2 Å². The first-order valence-electron chi connectivity index (χ1n) is 3.87. The first-order chi connectivity index (χ1) is 5.11. The first kappa shape index (κ1) is 9.91. The Balaban J connectivity index is 2.61. The van der Waals surface area contributed by atoms with Crippen LogP contribution in [0.1, 0.15) is 32.1 Å². The highest BCUT2D eigenvalue weighted by molar-refractivity contribution is 7.67. The summed E-state index contributed by atoms with van der Waals surface area (Å²) in [7, 11) is 0. The molecule has 0 saturated heterocycles. The molecule has 0 aromatic carbocycles. The van der Waals surface area contributed by atoms with Crippen LogP contribution in [-0.4, -0.2) is 6.00 Å². The summed E-state index contributed by atoms with van der Waals surface area (Å²) in [6.45, 7) is 0. The molecule has 0 heterocycles. The van der Waals surface area contributed by atoms with Gasteiger partial charge in [-0.1, -0.05) is 12.5 Å². The van der Waals surface area contributed by atoms with Crippen molar-refractivity contribution in [1.29, 1.82) is 0 Å². The van der Waals surface area contributed by atoms with Crippen LogP contribution in [0.25, 0.3) is 0 Å². The van der Waals surface area contributed by atoms with E-state index in [1.807, 2.05) is 0 Å². The highest BCUT2D eigenvalue weighted by Crippen LogP contribution is 2.34. The van der Waals surface area contributed by atoms with Gasteiger partial charge in [0.05, 0.1) is 0 Å². The monoisotopic (exact) mass is 228 g/mol. The molecule has 0 nitrogen and oxygen atoms in total. The van der Waals surface area contributed by atoms with Crippen LogP contribution >= 0.6 is 33.2 Å². The molecule has 64 valence electrons. The largest absolute Gasteiger partial charge is 0.368 e. The molecule has 4 heteroatoms. The Kier molecular flexibility index (Phi) is 3.76. The smallest absolute Gasteiger partial charge is 0.121 e. The summed E-state index contributed by atoms with van der Waals surface area (Å²) in [5, 5.41) is 1.11. The third-order valence-electron chi connectivity index (χ3n) is 1.91. The second kappa shape index (κ2) is 4.17. The maximum absolute atomic E-state index is 5.89. The fraction of sp³-hybridized carbons (Fsp3) is 0.714. The second-order valence-electron chi connectivity index (χ2n) is 2.83. The zero-order valence-electron chi connectivity index (χ0n) is 6.25. The predicted octanol–water partition coefficient (Wildman–Crippen LogP) is 4.07. The maximum Gasteiger partial charge on any atom is 0.368 e. The minimum Gasteiger partial charge on any atom is -0.121 e. The van der Waals surface area contributed by atoms with Crippen LogP contribution in [0.4, 0.5) is 0 Å². The molecule has 0 aliphatic heterocycles. The van der Waals surface area contributed by atoms with E-state index in [-0.39, 0.29) is 0 Å². The summed E-state index contributed by atoms with van der Waals surface area (Å²) in [6, 6.07) is -2.51. The standard InChI is InChI=1S/C7H11Cl3Si/c8-11(9,10)7-5-3-1-2-4-6-7/h5H,1-4,6H2. The lowest BCUT2D eigenvalue weighted by Gasteiger charge is -2.10. The SMILES string of the molecule is Cl[Si](Cl)(Cl)C1=CCCCCC1. The molecule has 0 N–H and O–H groups in total. The Morgan fingerprint density at radius 3 is 2.45 bits per heavy atom. The van der Waals surface area contributed by atoms with Gasteiger partial charge in [-0.25, -0.2) is 0 Å². The minimum atomic E-state index is -2.51. The highest BCUT2D eigenvalue weighted by Gasteiger charge is 2.30. The normalized spacial score (nSPS) is 20.8. The lowest BCUT2D eigenvalue weighted by molar-refractivity contribution is 0.715. The van der Waals surface area contributed by atoms with Gasteiger partial charge in [0.25, 0.3) is 0 Å². The summed E-state index contributed by atoms with van der Waals surface area (Å²) in [4.78, 5) is 0. The molecule has 0 unspecified atom stereocenters. The molecule has 0 aromatic heterocycles. The van der Waals surface area contributed by atoms with Crippen LogP contribution in [0.2, 0.25) is 0 Å². The van der Waals surface area contributed by atoms with E-state index in [1.165, 1.54) is 19.3 Å². The molecule has 0 spiro atoms. The topological polar surface area (TPSA) is 0 Å². The Morgan fingerprint density at radius 2 is 1.82 bits per heavy atom. The Morgan fingerprint density at radius 1 is 1.09 bits per heavy atom. The van der Waals surface area contributed by atoms with Crippen molar-refractivity contribution in [3.05, 3.63) is 11.3 Å². The minimum absolute atomic E-state index is 1.00. The van der Waals surface area contributed by atoms with Crippen LogP contribution in [0.3, 0.4) is 0 Å². The van der Waals surface area contributed by atoms with E-state index < -0.39 is 6.00 Å². The van der Waals surface area contributed by atoms with Crippen LogP contribution in [0.5, 0.6) is 0 Å². The predicted molar refractivity (Wildman–Crippen MR) is 54.5 cm³/mol. The van der Waals surface area contributed by atoms with Crippen molar-refractivity contribution in [2.45, 2.75) is 32.1 Å². The van der Waals surface area contributed by atoms with E-state index in [0.717, 1.165) is 18.0 Å². The molecular weight excluding hydrogens is 219 g/mol. The summed E-state index contributed by atoms with van der Waals surface area (Å²) in [5.41, 5.74) is 0.